The number of anilines is 1. The minimum absolute atomic E-state index is 0.684. The lowest BCUT2D eigenvalue weighted by molar-refractivity contribution is 1.01. The lowest BCUT2D eigenvalue weighted by atomic mass is 10.4. The third kappa shape index (κ3) is 1.37. The molecule has 0 atom stereocenters. The van der Waals surface area contributed by atoms with E-state index in [9.17, 15) is 0 Å². The van der Waals surface area contributed by atoms with Crippen LogP contribution in [0.1, 0.15) is 0 Å². The summed E-state index contributed by atoms with van der Waals surface area (Å²) in [6.07, 6.45) is 1.49. The molecule has 1 aromatic rings. The molecule has 0 aliphatic rings. The fraction of sp³-hybridized carbons (Fsp3) is 0.250. The molecule has 0 radical (unpaired) electrons. The molecule has 0 aliphatic carbocycles. The van der Waals surface area contributed by atoms with E-state index in [-0.39, 0.29) is 0 Å². The van der Waals surface area contributed by atoms with E-state index in [0.717, 1.165) is 11.0 Å². The van der Waals surface area contributed by atoms with Crippen molar-refractivity contribution in [2.75, 3.05) is 19.0 Å². The SMILES string of the molecule is C=c1ncnc(N(C)C)c1=C. The van der Waals surface area contributed by atoms with Crippen LogP contribution in [-0.4, -0.2) is 24.1 Å². The van der Waals surface area contributed by atoms with Gasteiger partial charge in [0.25, 0.3) is 0 Å². The van der Waals surface area contributed by atoms with E-state index in [4.69, 9.17) is 0 Å². The summed E-state index contributed by atoms with van der Waals surface area (Å²) in [7, 11) is 3.83. The second kappa shape index (κ2) is 2.70. The molecule has 3 nitrogen and oxygen atoms in total. The van der Waals surface area contributed by atoms with Gasteiger partial charge in [0, 0.05) is 19.3 Å². The van der Waals surface area contributed by atoms with Crippen LogP contribution in [-0.2, 0) is 0 Å². The van der Waals surface area contributed by atoms with E-state index in [2.05, 4.69) is 23.1 Å². The fourth-order valence-electron chi connectivity index (χ4n) is 0.824. The first-order chi connectivity index (χ1) is 5.13. The number of nitrogens with zero attached hydrogens (tertiary/aromatic N) is 3. The summed E-state index contributed by atoms with van der Waals surface area (Å²) >= 11 is 0. The molecule has 0 aliphatic heterocycles. The van der Waals surface area contributed by atoms with Gasteiger partial charge in [-0.15, -0.1) is 0 Å². The van der Waals surface area contributed by atoms with Crippen LogP contribution in [0.15, 0.2) is 6.33 Å². The van der Waals surface area contributed by atoms with Crippen molar-refractivity contribution in [3.63, 3.8) is 0 Å². The summed E-state index contributed by atoms with van der Waals surface area (Å²) in [4.78, 5) is 9.85. The first kappa shape index (κ1) is 7.72. The van der Waals surface area contributed by atoms with Crippen molar-refractivity contribution in [1.29, 1.82) is 0 Å². The van der Waals surface area contributed by atoms with Crippen molar-refractivity contribution in [2.24, 2.45) is 0 Å². The molecule has 0 saturated heterocycles. The van der Waals surface area contributed by atoms with Crippen LogP contribution in [0.4, 0.5) is 5.82 Å². The summed E-state index contributed by atoms with van der Waals surface area (Å²) in [5.74, 6) is 0.824. The van der Waals surface area contributed by atoms with Crippen LogP contribution in [0.3, 0.4) is 0 Å². The van der Waals surface area contributed by atoms with Gasteiger partial charge in [-0.3, -0.25) is 0 Å². The Labute approximate surface area is 65.7 Å². The number of aromatic nitrogens is 2. The second-order valence-electron chi connectivity index (χ2n) is 2.52. The van der Waals surface area contributed by atoms with Crippen molar-refractivity contribution in [3.8, 4) is 0 Å². The van der Waals surface area contributed by atoms with Crippen molar-refractivity contribution in [2.45, 2.75) is 0 Å². The molecule has 0 fully saturated rings. The number of hydrogen-bond donors (Lipinski definition) is 0. The lowest BCUT2D eigenvalue weighted by Crippen LogP contribution is -2.32. The molecule has 1 aromatic heterocycles. The number of hydrogen-bond acceptors (Lipinski definition) is 3. The van der Waals surface area contributed by atoms with Gasteiger partial charge in [-0.25, -0.2) is 9.97 Å². The highest BCUT2D eigenvalue weighted by Gasteiger charge is 1.96. The average molecular weight is 149 g/mol. The highest BCUT2D eigenvalue weighted by atomic mass is 15.1. The van der Waals surface area contributed by atoms with Crippen LogP contribution in [0, 0.1) is 0 Å². The van der Waals surface area contributed by atoms with Crippen LogP contribution < -0.4 is 15.5 Å². The molecular weight excluding hydrogens is 138 g/mol. The Kier molecular flexibility index (Phi) is 1.89. The lowest BCUT2D eigenvalue weighted by Gasteiger charge is -2.10. The Morgan fingerprint density at radius 2 is 1.91 bits per heavy atom. The molecule has 1 heterocycles. The quantitative estimate of drug-likeness (QED) is 0.532. The second-order valence-corrected chi connectivity index (χ2v) is 2.52. The first-order valence-corrected chi connectivity index (χ1v) is 3.29. The summed E-state index contributed by atoms with van der Waals surface area (Å²) in [6, 6.07) is 0. The Bertz CT molecular complexity index is 343. The predicted molar refractivity (Wildman–Crippen MR) is 46.7 cm³/mol. The molecular formula is C8H11N3. The molecule has 0 N–H and O–H groups in total. The largest absolute Gasteiger partial charge is 0.362 e. The van der Waals surface area contributed by atoms with Crippen molar-refractivity contribution < 1.29 is 0 Å². The van der Waals surface area contributed by atoms with Gasteiger partial charge >= 0.3 is 0 Å². The van der Waals surface area contributed by atoms with Crippen molar-refractivity contribution >= 4 is 19.0 Å². The number of rotatable bonds is 1. The summed E-state index contributed by atoms with van der Waals surface area (Å²) < 4.78 is 0. The van der Waals surface area contributed by atoms with Gasteiger partial charge in [0.1, 0.15) is 12.1 Å². The van der Waals surface area contributed by atoms with Crippen LogP contribution in [0.25, 0.3) is 13.2 Å². The van der Waals surface area contributed by atoms with Gasteiger partial charge in [-0.2, -0.15) is 0 Å². The van der Waals surface area contributed by atoms with Gasteiger partial charge in [-0.1, -0.05) is 13.2 Å². The maximum atomic E-state index is 4.05. The maximum Gasteiger partial charge on any atom is 0.138 e. The van der Waals surface area contributed by atoms with E-state index >= 15 is 0 Å². The Hall–Kier alpha value is -1.38. The molecule has 58 valence electrons. The zero-order valence-corrected chi connectivity index (χ0v) is 6.83. The highest BCUT2D eigenvalue weighted by Crippen LogP contribution is 1.91. The molecule has 0 aromatic carbocycles. The molecule has 0 unspecified atom stereocenters. The molecule has 0 spiro atoms. The molecule has 1 rings (SSSR count). The van der Waals surface area contributed by atoms with E-state index < -0.39 is 0 Å². The van der Waals surface area contributed by atoms with Gasteiger partial charge in [-0.05, 0) is 0 Å². The monoisotopic (exact) mass is 149 g/mol. The highest BCUT2D eigenvalue weighted by molar-refractivity contribution is 5.38. The van der Waals surface area contributed by atoms with E-state index in [1.54, 1.807) is 0 Å². The molecule has 0 saturated carbocycles. The first-order valence-electron chi connectivity index (χ1n) is 3.29. The normalized spacial score (nSPS) is 9.64. The minimum atomic E-state index is 0.684. The third-order valence-electron chi connectivity index (χ3n) is 1.44. The molecule has 0 bridgehead atoms. The fourth-order valence-corrected chi connectivity index (χ4v) is 0.824. The Morgan fingerprint density at radius 1 is 1.27 bits per heavy atom. The summed E-state index contributed by atoms with van der Waals surface area (Å²) in [5, 5.41) is 1.47. The molecule has 0 amide bonds. The Balaban J connectivity index is 3.41. The predicted octanol–water partition coefficient (Wildman–Crippen LogP) is -0.637. The van der Waals surface area contributed by atoms with E-state index in [1.165, 1.54) is 6.33 Å². The van der Waals surface area contributed by atoms with Gasteiger partial charge in [0.2, 0.25) is 0 Å². The van der Waals surface area contributed by atoms with Gasteiger partial charge in [0.15, 0.2) is 0 Å². The van der Waals surface area contributed by atoms with Crippen LogP contribution in [0.5, 0.6) is 0 Å². The summed E-state index contributed by atoms with van der Waals surface area (Å²) in [6.45, 7) is 7.54. The van der Waals surface area contributed by atoms with Gasteiger partial charge in [0.05, 0.1) is 5.35 Å². The third-order valence-corrected chi connectivity index (χ3v) is 1.44. The zero-order chi connectivity index (χ0) is 8.43. The van der Waals surface area contributed by atoms with Crippen LogP contribution >= 0.6 is 0 Å². The molecule has 11 heavy (non-hydrogen) atoms. The molecule has 3 heteroatoms. The van der Waals surface area contributed by atoms with Crippen LogP contribution in [0.2, 0.25) is 0 Å². The van der Waals surface area contributed by atoms with E-state index in [1.807, 2.05) is 19.0 Å². The summed E-state index contributed by atoms with van der Waals surface area (Å²) in [5.41, 5.74) is 0. The van der Waals surface area contributed by atoms with E-state index in [0.29, 0.717) is 5.35 Å². The van der Waals surface area contributed by atoms with Crippen molar-refractivity contribution in [1.82, 2.24) is 9.97 Å². The average Bonchev–Trinajstić information content (AvgIpc) is 1.94. The Morgan fingerprint density at radius 3 is 2.36 bits per heavy atom. The zero-order valence-electron chi connectivity index (χ0n) is 6.83. The minimum Gasteiger partial charge on any atom is -0.362 e. The van der Waals surface area contributed by atoms with Gasteiger partial charge < -0.3 is 4.90 Å². The smallest absolute Gasteiger partial charge is 0.138 e. The standard InChI is InChI=1S/C8H11N3/c1-6-7(2)9-5-10-8(6)11(3)4/h5H,1-2H2,3-4H3. The maximum absolute atomic E-state index is 4.05. The van der Waals surface area contributed by atoms with Crippen molar-refractivity contribution in [3.05, 3.63) is 16.9 Å². The topological polar surface area (TPSA) is 29.0 Å².